The second kappa shape index (κ2) is 3.52. The van der Waals surface area contributed by atoms with E-state index in [4.69, 9.17) is 5.11 Å². The van der Waals surface area contributed by atoms with Gasteiger partial charge in [0.1, 0.15) is 0 Å². The van der Waals surface area contributed by atoms with Crippen LogP contribution < -0.4 is 0 Å². The van der Waals surface area contributed by atoms with Crippen molar-refractivity contribution in [1.82, 2.24) is 4.98 Å². The molecule has 0 unspecified atom stereocenters. The lowest BCUT2D eigenvalue weighted by Gasteiger charge is -2.13. The van der Waals surface area contributed by atoms with Gasteiger partial charge in [-0.05, 0) is 18.6 Å². The van der Waals surface area contributed by atoms with Gasteiger partial charge < -0.3 is 10.1 Å². The van der Waals surface area contributed by atoms with E-state index in [1.807, 2.05) is 6.92 Å². The number of aromatic nitrogens is 1. The maximum atomic E-state index is 12.4. The van der Waals surface area contributed by atoms with Crippen LogP contribution in [0, 0.1) is 6.92 Å². The van der Waals surface area contributed by atoms with Gasteiger partial charge in [0, 0.05) is 22.7 Å². The second-order valence-electron chi connectivity index (χ2n) is 3.74. The Balaban J connectivity index is 2.54. The zero-order valence-electron chi connectivity index (χ0n) is 8.47. The number of aliphatic hydroxyl groups is 1. The summed E-state index contributed by atoms with van der Waals surface area (Å²) in [5.41, 5.74) is 1.41. The fourth-order valence-corrected chi connectivity index (χ4v) is 1.67. The number of hydrogen-bond donors (Lipinski definition) is 2. The highest BCUT2D eigenvalue weighted by Crippen LogP contribution is 2.36. The molecule has 5 heteroatoms. The lowest BCUT2D eigenvalue weighted by Crippen LogP contribution is -2.19. The fraction of sp³-hybridized carbons (Fsp3) is 0.273. The lowest BCUT2D eigenvalue weighted by molar-refractivity contribution is -0.206. The van der Waals surface area contributed by atoms with Gasteiger partial charge >= 0.3 is 6.18 Å². The maximum absolute atomic E-state index is 12.4. The number of rotatable bonds is 1. The van der Waals surface area contributed by atoms with E-state index in [9.17, 15) is 13.2 Å². The van der Waals surface area contributed by atoms with Crippen molar-refractivity contribution in [2.24, 2.45) is 0 Å². The van der Waals surface area contributed by atoms with E-state index < -0.39 is 12.3 Å². The minimum absolute atomic E-state index is 0.137. The average molecular weight is 229 g/mol. The van der Waals surface area contributed by atoms with Crippen LogP contribution in [0.4, 0.5) is 13.2 Å². The summed E-state index contributed by atoms with van der Waals surface area (Å²) in [5.74, 6) is 0. The van der Waals surface area contributed by atoms with E-state index in [0.717, 1.165) is 5.56 Å². The molecule has 0 fully saturated rings. The molecule has 0 bridgehead atoms. The normalized spacial score (nSPS) is 14.3. The van der Waals surface area contributed by atoms with Gasteiger partial charge in [0.05, 0.1) is 0 Å². The monoisotopic (exact) mass is 229 g/mol. The Kier molecular flexibility index (Phi) is 2.42. The van der Waals surface area contributed by atoms with Crippen LogP contribution in [0.5, 0.6) is 0 Å². The molecule has 2 aromatic rings. The Labute approximate surface area is 89.7 Å². The summed E-state index contributed by atoms with van der Waals surface area (Å²) in [5, 5.41) is 9.57. The van der Waals surface area contributed by atoms with Crippen molar-refractivity contribution in [3.8, 4) is 0 Å². The number of nitrogens with one attached hydrogen (secondary N) is 1. The third kappa shape index (κ3) is 1.78. The second-order valence-corrected chi connectivity index (χ2v) is 3.74. The highest BCUT2D eigenvalue weighted by molar-refractivity contribution is 5.84. The van der Waals surface area contributed by atoms with Crippen molar-refractivity contribution in [3.05, 3.63) is 35.5 Å². The third-order valence-electron chi connectivity index (χ3n) is 2.47. The Morgan fingerprint density at radius 3 is 2.62 bits per heavy atom. The molecule has 0 aliphatic rings. The Morgan fingerprint density at radius 2 is 2.00 bits per heavy atom. The molecule has 1 aromatic carbocycles. The van der Waals surface area contributed by atoms with Gasteiger partial charge in [-0.25, -0.2) is 0 Å². The molecule has 1 aromatic heterocycles. The molecule has 0 saturated carbocycles. The molecule has 0 saturated heterocycles. The van der Waals surface area contributed by atoms with E-state index in [-0.39, 0.29) is 5.56 Å². The molecular formula is C11H10F3NO. The first-order valence-corrected chi connectivity index (χ1v) is 4.72. The van der Waals surface area contributed by atoms with E-state index in [2.05, 4.69) is 4.98 Å². The van der Waals surface area contributed by atoms with E-state index in [0.29, 0.717) is 10.9 Å². The van der Waals surface area contributed by atoms with Crippen molar-refractivity contribution in [2.75, 3.05) is 0 Å². The zero-order chi connectivity index (χ0) is 11.9. The number of aryl methyl sites for hydroxylation is 1. The highest BCUT2D eigenvalue weighted by atomic mass is 19.4. The molecule has 0 radical (unpaired) electrons. The first-order valence-electron chi connectivity index (χ1n) is 4.72. The van der Waals surface area contributed by atoms with Crippen LogP contribution in [-0.2, 0) is 0 Å². The van der Waals surface area contributed by atoms with Crippen LogP contribution >= 0.6 is 0 Å². The standard InChI is InChI=1S/C11H10F3NO/c1-6-2-3-7-8(5-15-9(7)4-6)10(16)11(12,13)14/h2-5,10,15-16H,1H3/t10-/m1/s1. The summed E-state index contributed by atoms with van der Waals surface area (Å²) in [6.07, 6.45) is -5.88. The molecular weight excluding hydrogens is 219 g/mol. The molecule has 0 aliphatic heterocycles. The molecule has 0 aliphatic carbocycles. The molecule has 2 N–H and O–H groups in total. The first-order chi connectivity index (χ1) is 7.39. The summed E-state index contributed by atoms with van der Waals surface area (Å²) >= 11 is 0. The van der Waals surface area contributed by atoms with E-state index in [1.165, 1.54) is 6.20 Å². The van der Waals surface area contributed by atoms with Crippen molar-refractivity contribution >= 4 is 10.9 Å². The molecule has 86 valence electrons. The largest absolute Gasteiger partial charge is 0.418 e. The minimum atomic E-state index is -4.64. The van der Waals surface area contributed by atoms with Crippen LogP contribution in [0.15, 0.2) is 24.4 Å². The maximum Gasteiger partial charge on any atom is 0.418 e. The van der Waals surface area contributed by atoms with Crippen LogP contribution in [0.25, 0.3) is 10.9 Å². The molecule has 0 amide bonds. The molecule has 1 heterocycles. The van der Waals surface area contributed by atoms with Gasteiger partial charge in [-0.15, -0.1) is 0 Å². The number of aliphatic hydroxyl groups excluding tert-OH is 1. The quantitative estimate of drug-likeness (QED) is 0.774. The first kappa shape index (κ1) is 11.0. The predicted octanol–water partition coefficient (Wildman–Crippen LogP) is 3.07. The van der Waals surface area contributed by atoms with Crippen LogP contribution in [0.2, 0.25) is 0 Å². The van der Waals surface area contributed by atoms with E-state index >= 15 is 0 Å². The SMILES string of the molecule is Cc1ccc2c([C@@H](O)C(F)(F)F)c[nH]c2c1. The Bertz CT molecular complexity index is 515. The van der Waals surface area contributed by atoms with Crippen molar-refractivity contribution in [2.45, 2.75) is 19.2 Å². The lowest BCUT2D eigenvalue weighted by atomic mass is 10.1. The summed E-state index contributed by atoms with van der Waals surface area (Å²) < 4.78 is 37.1. The number of H-pyrrole nitrogens is 1. The summed E-state index contributed by atoms with van der Waals surface area (Å²) in [6.45, 7) is 1.85. The number of fused-ring (bicyclic) bond motifs is 1. The highest BCUT2D eigenvalue weighted by Gasteiger charge is 2.40. The molecule has 0 spiro atoms. The molecule has 2 rings (SSSR count). The number of halogens is 3. The zero-order valence-corrected chi connectivity index (χ0v) is 8.47. The molecule has 1 atom stereocenters. The minimum Gasteiger partial charge on any atom is -0.379 e. The van der Waals surface area contributed by atoms with Gasteiger partial charge in [0.25, 0.3) is 0 Å². The van der Waals surface area contributed by atoms with Crippen LogP contribution in [-0.4, -0.2) is 16.3 Å². The number of benzene rings is 1. The average Bonchev–Trinajstić information content (AvgIpc) is 2.57. The smallest absolute Gasteiger partial charge is 0.379 e. The third-order valence-corrected chi connectivity index (χ3v) is 2.47. The molecule has 2 nitrogen and oxygen atoms in total. The number of hydrogen-bond acceptors (Lipinski definition) is 1. The molecule has 16 heavy (non-hydrogen) atoms. The summed E-state index contributed by atoms with van der Waals surface area (Å²) in [4.78, 5) is 2.72. The number of alkyl halides is 3. The van der Waals surface area contributed by atoms with Crippen LogP contribution in [0.1, 0.15) is 17.2 Å². The predicted molar refractivity (Wildman–Crippen MR) is 54.1 cm³/mol. The number of aromatic amines is 1. The van der Waals surface area contributed by atoms with Gasteiger partial charge in [-0.2, -0.15) is 13.2 Å². The van der Waals surface area contributed by atoms with Crippen molar-refractivity contribution < 1.29 is 18.3 Å². The topological polar surface area (TPSA) is 36.0 Å². The van der Waals surface area contributed by atoms with Gasteiger partial charge in [0.15, 0.2) is 6.10 Å². The summed E-state index contributed by atoms with van der Waals surface area (Å²) in [6, 6.07) is 5.02. The Morgan fingerprint density at radius 1 is 1.31 bits per heavy atom. The summed E-state index contributed by atoms with van der Waals surface area (Å²) in [7, 11) is 0. The Hall–Kier alpha value is -1.49. The van der Waals surface area contributed by atoms with Gasteiger partial charge in [0.2, 0.25) is 0 Å². The fourth-order valence-electron chi connectivity index (χ4n) is 1.67. The van der Waals surface area contributed by atoms with Crippen molar-refractivity contribution in [1.29, 1.82) is 0 Å². The van der Waals surface area contributed by atoms with E-state index in [1.54, 1.807) is 18.2 Å². The van der Waals surface area contributed by atoms with Gasteiger partial charge in [-0.3, -0.25) is 0 Å². The van der Waals surface area contributed by atoms with Crippen molar-refractivity contribution in [3.63, 3.8) is 0 Å². The van der Waals surface area contributed by atoms with Crippen LogP contribution in [0.3, 0.4) is 0 Å². The van der Waals surface area contributed by atoms with Gasteiger partial charge in [-0.1, -0.05) is 12.1 Å².